The van der Waals surface area contributed by atoms with E-state index < -0.39 is 42.8 Å². The van der Waals surface area contributed by atoms with E-state index in [1.54, 1.807) is 0 Å². The van der Waals surface area contributed by atoms with Gasteiger partial charge in [0.2, 0.25) is 0 Å². The summed E-state index contributed by atoms with van der Waals surface area (Å²) in [4.78, 5) is 0. The Morgan fingerprint density at radius 3 is 2.42 bits per heavy atom. The summed E-state index contributed by atoms with van der Waals surface area (Å²) in [6.07, 6.45) is -1.82. The third-order valence-electron chi connectivity index (χ3n) is 0.757. The molecule has 0 saturated carbocycles. The average Bonchev–Trinajstić information content (AvgIpc) is 1.97. The molecule has 12 heavy (non-hydrogen) atoms. The Hall–Kier alpha value is 1.13. The quantitative estimate of drug-likeness (QED) is 0.578. The van der Waals surface area contributed by atoms with Crippen molar-refractivity contribution in [3.05, 3.63) is 0 Å². The van der Waals surface area contributed by atoms with Gasteiger partial charge < -0.3 is 0 Å². The molecule has 3 nitrogen and oxygen atoms in total. The van der Waals surface area contributed by atoms with Gasteiger partial charge in [-0.05, 0) is 6.40 Å². The van der Waals surface area contributed by atoms with E-state index in [1.807, 2.05) is 0 Å². The molecule has 0 spiro atoms. The van der Waals surface area contributed by atoms with E-state index in [4.69, 9.17) is 12.8 Å². The maximum absolute atomic E-state index is 10.6. The van der Waals surface area contributed by atoms with Crippen LogP contribution < -0.4 is 0 Å². The first-order valence-electron chi connectivity index (χ1n) is 6.08. The van der Waals surface area contributed by atoms with Crippen molar-refractivity contribution in [2.45, 2.75) is 32.0 Å². The van der Waals surface area contributed by atoms with Gasteiger partial charge in [-0.2, -0.15) is 8.42 Å². The molecular formula is C6H16NaO3SSi. The zero-order valence-corrected chi connectivity index (χ0v) is 11.3. The molecular weight excluding hydrogens is 203 g/mol. The van der Waals surface area contributed by atoms with Gasteiger partial charge in [0.25, 0.3) is 10.1 Å². The number of hydrogen-bond donors (Lipinski definition) is 1. The summed E-state index contributed by atoms with van der Waals surface area (Å²) >= 11 is 0. The van der Waals surface area contributed by atoms with Crippen molar-refractivity contribution < 1.29 is 21.2 Å². The Bertz CT molecular complexity index is 381. The van der Waals surface area contributed by atoms with Gasteiger partial charge in [0.1, 0.15) is 0 Å². The van der Waals surface area contributed by atoms with E-state index in [9.17, 15) is 8.42 Å². The first-order valence-corrected chi connectivity index (χ1v) is 7.61. The number of rotatable bonds is 4. The molecule has 0 rings (SSSR count). The molecule has 0 aliphatic carbocycles. The molecule has 69 valence electrons. The molecule has 0 saturated heterocycles. The molecule has 0 aromatic heterocycles. The molecule has 0 fully saturated rings. The molecule has 0 aliphatic heterocycles. The van der Waals surface area contributed by atoms with Crippen LogP contribution in [0.5, 0.6) is 0 Å². The summed E-state index contributed by atoms with van der Waals surface area (Å²) in [6, 6.07) is 0. The third kappa shape index (κ3) is 13.7. The van der Waals surface area contributed by atoms with E-state index in [1.165, 1.54) is 13.1 Å². The van der Waals surface area contributed by atoms with Crippen LogP contribution in [0.1, 0.15) is 14.6 Å². The molecule has 0 heterocycles. The normalized spacial score (nSPS) is 24.6. The zero-order valence-electron chi connectivity index (χ0n) is 13.5. The first kappa shape index (κ1) is 6.58. The fourth-order valence-electron chi connectivity index (χ4n) is 0.402. The topological polar surface area (TPSA) is 54.4 Å². The molecule has 1 atom stereocenters. The molecule has 1 N–H and O–H groups in total. The summed E-state index contributed by atoms with van der Waals surface area (Å²) in [5, 5.41) is 0. The van der Waals surface area contributed by atoms with Crippen molar-refractivity contribution in [2.75, 3.05) is 5.75 Å². The Kier molecular flexibility index (Phi) is 3.17. The van der Waals surface area contributed by atoms with Crippen LogP contribution in [0.2, 0.25) is 25.6 Å². The van der Waals surface area contributed by atoms with Crippen LogP contribution in [-0.2, 0) is 10.1 Å². The Balaban J connectivity index is 0. The second kappa shape index (κ2) is 5.77. The Morgan fingerprint density at radius 1 is 1.58 bits per heavy atom. The minimum Gasteiger partial charge on any atom is -0.286 e. The summed E-state index contributed by atoms with van der Waals surface area (Å²) < 4.78 is 74.4. The molecule has 6 heteroatoms. The zero-order chi connectivity index (χ0) is 14.3. The minimum absolute atomic E-state index is 0. The van der Waals surface area contributed by atoms with Gasteiger partial charge in [-0.1, -0.05) is 25.6 Å². The monoisotopic (exact) mass is 225 g/mol. The molecule has 0 amide bonds. The molecule has 0 aromatic rings. The van der Waals surface area contributed by atoms with E-state index in [0.29, 0.717) is 0 Å². The predicted molar refractivity (Wildman–Crippen MR) is 54.9 cm³/mol. The van der Waals surface area contributed by atoms with E-state index >= 15 is 0 Å². The second-order valence-electron chi connectivity index (χ2n) is 2.72. The van der Waals surface area contributed by atoms with Gasteiger partial charge in [-0.15, -0.1) is 0 Å². The first-order chi connectivity index (χ1) is 7.13. The smallest absolute Gasteiger partial charge is 0.264 e. The predicted octanol–water partition coefficient (Wildman–Crippen LogP) is 1.22. The van der Waals surface area contributed by atoms with Crippen LogP contribution in [0.4, 0.5) is 0 Å². The Labute approximate surface area is 106 Å². The van der Waals surface area contributed by atoms with E-state index in [-0.39, 0.29) is 29.6 Å². The third-order valence-corrected chi connectivity index (χ3v) is 2.27. The van der Waals surface area contributed by atoms with Gasteiger partial charge in [-0.3, -0.25) is 4.55 Å². The van der Waals surface area contributed by atoms with Crippen molar-refractivity contribution >= 4 is 47.7 Å². The average molecular weight is 225 g/mol. The molecule has 1 unspecified atom stereocenters. The fourth-order valence-corrected chi connectivity index (χ4v) is 1.46. The van der Waals surface area contributed by atoms with Crippen LogP contribution in [-0.4, -0.2) is 56.4 Å². The second-order valence-corrected chi connectivity index (χ2v) is 7.76. The maximum atomic E-state index is 10.6. The van der Waals surface area contributed by atoms with Crippen LogP contribution >= 0.6 is 0 Å². The maximum Gasteiger partial charge on any atom is 0.264 e. The van der Waals surface area contributed by atoms with Crippen molar-refractivity contribution in [3.8, 4) is 0 Å². The van der Waals surface area contributed by atoms with Gasteiger partial charge in [0.15, 0.2) is 0 Å². The van der Waals surface area contributed by atoms with Crippen LogP contribution in [0.3, 0.4) is 0 Å². The summed E-state index contributed by atoms with van der Waals surface area (Å²) in [5.74, 6) is -3.56. The summed E-state index contributed by atoms with van der Waals surface area (Å²) in [7, 11) is -8.03. The standard InChI is InChI=1S/C6H16O3SSi.Na/c1-11(2,3)6-4-5-10(7,8)9;/h4-6H2,1-3H3,(H,7,8,9);/i1D3,4D,6D2;. The van der Waals surface area contributed by atoms with Crippen LogP contribution in [0.25, 0.3) is 0 Å². The summed E-state index contributed by atoms with van der Waals surface area (Å²) in [6.45, 7) is -0.0634. The Morgan fingerprint density at radius 2 is 2.08 bits per heavy atom. The van der Waals surface area contributed by atoms with Gasteiger partial charge >= 0.3 is 0 Å². The number of hydrogen-bond acceptors (Lipinski definition) is 2. The van der Waals surface area contributed by atoms with E-state index in [0.717, 1.165) is 0 Å². The van der Waals surface area contributed by atoms with Crippen LogP contribution in [0.15, 0.2) is 0 Å². The van der Waals surface area contributed by atoms with Gasteiger partial charge in [0.05, 0.1) is 5.75 Å². The van der Waals surface area contributed by atoms with Crippen molar-refractivity contribution in [2.24, 2.45) is 0 Å². The minimum atomic E-state index is -4.50. The molecule has 0 bridgehead atoms. The SMILES string of the molecule is [2H]C(CS(=O)(=O)O)C([2H])([2H])[Si](C)(C)C([2H])([2H])[2H].[Na]. The fraction of sp³-hybridized carbons (Fsp3) is 1.00. The van der Waals surface area contributed by atoms with Gasteiger partial charge in [0, 0.05) is 45.9 Å². The van der Waals surface area contributed by atoms with Gasteiger partial charge in [-0.25, -0.2) is 0 Å². The van der Waals surface area contributed by atoms with Crippen molar-refractivity contribution in [1.29, 1.82) is 0 Å². The summed E-state index contributed by atoms with van der Waals surface area (Å²) in [5.41, 5.74) is 0. The molecule has 0 aliphatic rings. The molecule has 0 aromatic carbocycles. The van der Waals surface area contributed by atoms with E-state index in [2.05, 4.69) is 0 Å². The largest absolute Gasteiger partial charge is 0.286 e. The van der Waals surface area contributed by atoms with Crippen LogP contribution in [0, 0.1) is 0 Å². The molecule has 1 radical (unpaired) electrons. The van der Waals surface area contributed by atoms with Crippen molar-refractivity contribution in [3.63, 3.8) is 0 Å². The van der Waals surface area contributed by atoms with Crippen molar-refractivity contribution in [1.82, 2.24) is 0 Å².